The molecule has 3 heteroatoms. The maximum Gasteiger partial charge on any atom is 0.239 e. The molecule has 1 atom stereocenters. The first-order valence-corrected chi connectivity index (χ1v) is 5.65. The van der Waals surface area contributed by atoms with Crippen molar-refractivity contribution in [2.75, 3.05) is 6.54 Å². The van der Waals surface area contributed by atoms with Gasteiger partial charge in [-0.15, -0.1) is 0 Å². The van der Waals surface area contributed by atoms with E-state index in [1.165, 1.54) is 11.1 Å². The topological polar surface area (TPSA) is 46.3 Å². The van der Waals surface area contributed by atoms with Crippen molar-refractivity contribution >= 4 is 5.91 Å². The van der Waals surface area contributed by atoms with E-state index in [4.69, 9.17) is 5.73 Å². The van der Waals surface area contributed by atoms with Crippen molar-refractivity contribution in [3.8, 4) is 0 Å². The van der Waals surface area contributed by atoms with Crippen molar-refractivity contribution < 1.29 is 4.79 Å². The van der Waals surface area contributed by atoms with Gasteiger partial charge in [-0.05, 0) is 31.9 Å². The monoisotopic (exact) mass is 220 g/mol. The van der Waals surface area contributed by atoms with Crippen LogP contribution in [0.2, 0.25) is 0 Å². The Bertz CT molecular complexity index is 361. The molecule has 1 rings (SSSR count). The fourth-order valence-corrected chi connectivity index (χ4v) is 1.63. The molecule has 0 aliphatic carbocycles. The Balaban J connectivity index is 2.78. The minimum absolute atomic E-state index is 0.00533. The first-order chi connectivity index (χ1) is 7.56. The van der Waals surface area contributed by atoms with Gasteiger partial charge in [0, 0.05) is 13.1 Å². The molecule has 0 aliphatic rings. The number of nitrogens with two attached hydrogens (primary N) is 1. The molecule has 2 N–H and O–H groups in total. The van der Waals surface area contributed by atoms with Gasteiger partial charge in [-0.3, -0.25) is 4.79 Å². The van der Waals surface area contributed by atoms with Crippen LogP contribution in [0, 0.1) is 6.92 Å². The third-order valence-corrected chi connectivity index (χ3v) is 2.71. The smallest absolute Gasteiger partial charge is 0.239 e. The fourth-order valence-electron chi connectivity index (χ4n) is 1.63. The number of aryl methyl sites for hydroxylation is 1. The number of hydrogen-bond acceptors (Lipinski definition) is 2. The highest BCUT2D eigenvalue weighted by atomic mass is 16.2. The first kappa shape index (κ1) is 12.7. The molecular formula is C13H20N2O. The number of benzene rings is 1. The average Bonchev–Trinajstić information content (AvgIpc) is 2.27. The third kappa shape index (κ3) is 3.07. The maximum absolute atomic E-state index is 11.8. The number of carbonyl (C=O) groups is 1. The van der Waals surface area contributed by atoms with E-state index in [1.807, 2.05) is 25.1 Å². The molecule has 0 radical (unpaired) electrons. The first-order valence-electron chi connectivity index (χ1n) is 5.65. The van der Waals surface area contributed by atoms with Gasteiger partial charge in [0.15, 0.2) is 0 Å². The third-order valence-electron chi connectivity index (χ3n) is 2.71. The van der Waals surface area contributed by atoms with E-state index in [-0.39, 0.29) is 5.91 Å². The van der Waals surface area contributed by atoms with Crippen LogP contribution in [0.1, 0.15) is 25.0 Å². The van der Waals surface area contributed by atoms with E-state index in [0.717, 1.165) is 0 Å². The number of rotatable bonds is 4. The minimum Gasteiger partial charge on any atom is -0.337 e. The highest BCUT2D eigenvalue weighted by molar-refractivity contribution is 5.81. The Morgan fingerprint density at radius 1 is 1.44 bits per heavy atom. The summed E-state index contributed by atoms with van der Waals surface area (Å²) >= 11 is 0. The lowest BCUT2D eigenvalue weighted by atomic mass is 10.1. The van der Waals surface area contributed by atoms with Gasteiger partial charge in [0.05, 0.1) is 6.04 Å². The van der Waals surface area contributed by atoms with Crippen molar-refractivity contribution in [2.24, 2.45) is 5.73 Å². The fraction of sp³-hybridized carbons (Fsp3) is 0.462. The molecule has 0 saturated carbocycles. The normalized spacial score (nSPS) is 12.2. The Labute approximate surface area is 97.2 Å². The zero-order valence-electron chi connectivity index (χ0n) is 10.2. The molecule has 1 aromatic carbocycles. The summed E-state index contributed by atoms with van der Waals surface area (Å²) in [6, 6.07) is 7.67. The molecule has 3 nitrogen and oxygen atoms in total. The summed E-state index contributed by atoms with van der Waals surface area (Å²) in [6.07, 6.45) is 0. The number of amides is 1. The molecule has 0 spiro atoms. The van der Waals surface area contributed by atoms with Gasteiger partial charge in [-0.2, -0.15) is 0 Å². The maximum atomic E-state index is 11.8. The second-order valence-corrected chi connectivity index (χ2v) is 4.07. The van der Waals surface area contributed by atoms with Crippen LogP contribution in [0.5, 0.6) is 0 Å². The van der Waals surface area contributed by atoms with Crippen molar-refractivity contribution in [2.45, 2.75) is 33.4 Å². The summed E-state index contributed by atoms with van der Waals surface area (Å²) in [5.41, 5.74) is 8.00. The molecule has 1 amide bonds. The van der Waals surface area contributed by atoms with Crippen molar-refractivity contribution in [3.05, 3.63) is 35.4 Å². The molecule has 0 heterocycles. The molecule has 88 valence electrons. The van der Waals surface area contributed by atoms with Gasteiger partial charge in [0.25, 0.3) is 0 Å². The van der Waals surface area contributed by atoms with Gasteiger partial charge < -0.3 is 10.6 Å². The quantitative estimate of drug-likeness (QED) is 0.839. The van der Waals surface area contributed by atoms with Crippen LogP contribution in [-0.2, 0) is 11.3 Å². The predicted molar refractivity (Wildman–Crippen MR) is 65.9 cm³/mol. The summed E-state index contributed by atoms with van der Waals surface area (Å²) in [6.45, 7) is 7.08. The largest absolute Gasteiger partial charge is 0.337 e. The highest BCUT2D eigenvalue weighted by Gasteiger charge is 2.16. The SMILES string of the molecule is CCN(Cc1ccccc1C)C(=O)[C@H](C)N. The molecule has 0 saturated heterocycles. The van der Waals surface area contributed by atoms with Crippen LogP contribution in [0.3, 0.4) is 0 Å². The molecule has 0 aromatic heterocycles. The molecule has 0 bridgehead atoms. The van der Waals surface area contributed by atoms with E-state index in [1.54, 1.807) is 11.8 Å². The van der Waals surface area contributed by atoms with Crippen molar-refractivity contribution in [1.82, 2.24) is 4.90 Å². The van der Waals surface area contributed by atoms with Crippen LogP contribution in [0.25, 0.3) is 0 Å². The lowest BCUT2D eigenvalue weighted by molar-refractivity contribution is -0.132. The second kappa shape index (κ2) is 5.66. The van der Waals surface area contributed by atoms with E-state index in [2.05, 4.69) is 13.0 Å². The summed E-state index contributed by atoms with van der Waals surface area (Å²) < 4.78 is 0. The number of likely N-dealkylation sites (N-methyl/N-ethyl adjacent to an activating group) is 1. The van der Waals surface area contributed by atoms with Crippen LogP contribution in [0.4, 0.5) is 0 Å². The molecule has 1 aromatic rings. The van der Waals surface area contributed by atoms with Crippen LogP contribution >= 0.6 is 0 Å². The van der Waals surface area contributed by atoms with Crippen molar-refractivity contribution in [1.29, 1.82) is 0 Å². The number of carbonyl (C=O) groups excluding carboxylic acids is 1. The van der Waals surface area contributed by atoms with E-state index in [9.17, 15) is 4.79 Å². The Morgan fingerprint density at radius 3 is 2.56 bits per heavy atom. The molecule has 0 unspecified atom stereocenters. The molecule has 0 fully saturated rings. The van der Waals surface area contributed by atoms with Gasteiger partial charge in [-0.1, -0.05) is 24.3 Å². The van der Waals surface area contributed by atoms with Gasteiger partial charge in [-0.25, -0.2) is 0 Å². The van der Waals surface area contributed by atoms with Crippen molar-refractivity contribution in [3.63, 3.8) is 0 Å². The van der Waals surface area contributed by atoms with Crippen LogP contribution in [0.15, 0.2) is 24.3 Å². The van der Waals surface area contributed by atoms with Gasteiger partial charge in [0.2, 0.25) is 5.91 Å². The van der Waals surface area contributed by atoms with Gasteiger partial charge in [0.1, 0.15) is 0 Å². The summed E-state index contributed by atoms with van der Waals surface area (Å²) in [7, 11) is 0. The summed E-state index contributed by atoms with van der Waals surface area (Å²) in [5.74, 6) is 0.00533. The summed E-state index contributed by atoms with van der Waals surface area (Å²) in [4.78, 5) is 13.6. The standard InChI is InChI=1S/C13H20N2O/c1-4-15(13(16)11(3)14)9-12-8-6-5-7-10(12)2/h5-8,11H,4,9,14H2,1-3H3/t11-/m0/s1. The second-order valence-electron chi connectivity index (χ2n) is 4.07. The molecular weight excluding hydrogens is 200 g/mol. The Morgan fingerprint density at radius 2 is 2.06 bits per heavy atom. The minimum atomic E-state index is -0.427. The molecule has 16 heavy (non-hydrogen) atoms. The molecule has 0 aliphatic heterocycles. The Hall–Kier alpha value is -1.35. The summed E-state index contributed by atoms with van der Waals surface area (Å²) in [5, 5.41) is 0. The van der Waals surface area contributed by atoms with E-state index < -0.39 is 6.04 Å². The predicted octanol–water partition coefficient (Wildman–Crippen LogP) is 1.69. The lowest BCUT2D eigenvalue weighted by Crippen LogP contribution is -2.41. The van der Waals surface area contributed by atoms with Crippen LogP contribution in [-0.4, -0.2) is 23.4 Å². The lowest BCUT2D eigenvalue weighted by Gasteiger charge is -2.23. The zero-order chi connectivity index (χ0) is 12.1. The van der Waals surface area contributed by atoms with E-state index in [0.29, 0.717) is 13.1 Å². The zero-order valence-corrected chi connectivity index (χ0v) is 10.2. The highest BCUT2D eigenvalue weighted by Crippen LogP contribution is 2.10. The van der Waals surface area contributed by atoms with E-state index >= 15 is 0 Å². The Kier molecular flexibility index (Phi) is 4.50. The average molecular weight is 220 g/mol. The van der Waals surface area contributed by atoms with Crippen LogP contribution < -0.4 is 5.73 Å². The number of hydrogen-bond donors (Lipinski definition) is 1. The van der Waals surface area contributed by atoms with Gasteiger partial charge >= 0.3 is 0 Å². The number of nitrogens with zero attached hydrogens (tertiary/aromatic N) is 1.